The van der Waals surface area contributed by atoms with E-state index in [1.54, 1.807) is 0 Å². The van der Waals surface area contributed by atoms with Gasteiger partial charge in [-0.3, -0.25) is 9.59 Å². The van der Waals surface area contributed by atoms with Crippen molar-refractivity contribution < 1.29 is 24.5 Å². The van der Waals surface area contributed by atoms with E-state index in [4.69, 9.17) is 4.74 Å². The van der Waals surface area contributed by atoms with Crippen LogP contribution >= 0.6 is 0 Å². The molecule has 0 aromatic carbocycles. The Hall–Kier alpha value is -1.66. The standard InChI is InChI=1S/C60H115NO5/c1-3-5-7-9-11-13-15-17-19-20-22-25-28-32-36-40-44-48-52-58(63)57(56-62)61-59(64)53-49-45-41-37-33-29-26-23-21-24-27-31-35-39-43-47-51-55-66-60(65)54-50-46-42-38-34-30-18-16-14-12-10-8-6-4-2/h21,24,31,35,57-58,62-63H,3-20,22-23,25-30,32-34,36-56H2,1-2H3,(H,61,64)/b24-21-,35-31-. The Bertz CT molecular complexity index is 1030. The van der Waals surface area contributed by atoms with Gasteiger partial charge in [-0.25, -0.2) is 0 Å². The highest BCUT2D eigenvalue weighted by molar-refractivity contribution is 5.76. The van der Waals surface area contributed by atoms with Crippen LogP contribution in [0.1, 0.15) is 322 Å². The first kappa shape index (κ1) is 64.3. The second-order valence-electron chi connectivity index (χ2n) is 20.3. The normalized spacial score (nSPS) is 12.7. The van der Waals surface area contributed by atoms with Crippen molar-refractivity contribution in [3.8, 4) is 0 Å². The Morgan fingerprint density at radius 1 is 0.424 bits per heavy atom. The minimum absolute atomic E-state index is 0.0128. The van der Waals surface area contributed by atoms with E-state index in [0.29, 0.717) is 25.9 Å². The number of aliphatic hydroxyl groups is 2. The zero-order valence-electron chi connectivity index (χ0n) is 44.4. The second-order valence-corrected chi connectivity index (χ2v) is 20.3. The number of esters is 1. The van der Waals surface area contributed by atoms with Gasteiger partial charge in [-0.05, 0) is 64.2 Å². The van der Waals surface area contributed by atoms with Crippen molar-refractivity contribution >= 4 is 11.9 Å². The van der Waals surface area contributed by atoms with Crippen LogP contribution in [0.25, 0.3) is 0 Å². The number of amides is 1. The largest absolute Gasteiger partial charge is 0.466 e. The summed E-state index contributed by atoms with van der Waals surface area (Å²) in [4.78, 5) is 24.5. The zero-order chi connectivity index (χ0) is 47.9. The molecule has 0 spiro atoms. The van der Waals surface area contributed by atoms with Crippen molar-refractivity contribution in [3.05, 3.63) is 24.3 Å². The number of hydrogen-bond donors (Lipinski definition) is 3. The number of rotatable bonds is 55. The molecule has 0 rings (SSSR count). The molecule has 0 fully saturated rings. The fourth-order valence-corrected chi connectivity index (χ4v) is 9.20. The first-order valence-electron chi connectivity index (χ1n) is 29.6. The van der Waals surface area contributed by atoms with Crippen LogP contribution < -0.4 is 5.32 Å². The molecule has 1 amide bonds. The van der Waals surface area contributed by atoms with Gasteiger partial charge in [0.2, 0.25) is 5.91 Å². The van der Waals surface area contributed by atoms with Crippen LogP contribution in [-0.2, 0) is 14.3 Å². The SMILES string of the molecule is CCCCCCCCCCCCCCCCCCCCC(O)C(CO)NC(=O)CCCCCCCCC/C=C\C/C=C\CCCCCOC(=O)CCCCCCCCCCCCCCCC. The molecule has 0 saturated carbocycles. The van der Waals surface area contributed by atoms with Crippen LogP contribution in [0.3, 0.4) is 0 Å². The highest BCUT2D eigenvalue weighted by atomic mass is 16.5. The number of nitrogens with one attached hydrogen (secondary N) is 1. The zero-order valence-corrected chi connectivity index (χ0v) is 44.4. The summed E-state index contributed by atoms with van der Waals surface area (Å²) in [6.45, 7) is 4.93. The summed E-state index contributed by atoms with van der Waals surface area (Å²) in [6, 6.07) is -0.554. The summed E-state index contributed by atoms with van der Waals surface area (Å²) in [6.07, 6.45) is 67.4. The number of aliphatic hydroxyl groups excluding tert-OH is 2. The van der Waals surface area contributed by atoms with E-state index in [1.807, 2.05) is 0 Å². The van der Waals surface area contributed by atoms with E-state index in [1.165, 1.54) is 205 Å². The summed E-state index contributed by atoms with van der Waals surface area (Å²) in [7, 11) is 0. The molecule has 0 aliphatic carbocycles. The van der Waals surface area contributed by atoms with Crippen LogP contribution in [0.2, 0.25) is 0 Å². The molecule has 3 N–H and O–H groups in total. The molecule has 0 saturated heterocycles. The van der Waals surface area contributed by atoms with Crippen molar-refractivity contribution in [1.82, 2.24) is 5.32 Å². The molecule has 6 heteroatoms. The molecule has 0 radical (unpaired) electrons. The van der Waals surface area contributed by atoms with Crippen LogP contribution in [0, 0.1) is 0 Å². The minimum atomic E-state index is -0.675. The van der Waals surface area contributed by atoms with Crippen molar-refractivity contribution in [2.24, 2.45) is 0 Å². The van der Waals surface area contributed by atoms with E-state index >= 15 is 0 Å². The molecular weight excluding hydrogens is 815 g/mol. The number of hydrogen-bond acceptors (Lipinski definition) is 5. The lowest BCUT2D eigenvalue weighted by Crippen LogP contribution is -2.45. The quantitative estimate of drug-likeness (QED) is 0.0321. The third kappa shape index (κ3) is 51.7. The van der Waals surface area contributed by atoms with Gasteiger partial charge in [0.05, 0.1) is 25.4 Å². The lowest BCUT2D eigenvalue weighted by molar-refractivity contribution is -0.143. The van der Waals surface area contributed by atoms with Gasteiger partial charge in [-0.2, -0.15) is 0 Å². The minimum Gasteiger partial charge on any atom is -0.466 e. The number of ether oxygens (including phenoxy) is 1. The van der Waals surface area contributed by atoms with Crippen molar-refractivity contribution in [2.75, 3.05) is 13.2 Å². The average molecular weight is 931 g/mol. The second kappa shape index (κ2) is 55.9. The molecule has 2 unspecified atom stereocenters. The van der Waals surface area contributed by atoms with E-state index in [-0.39, 0.29) is 18.5 Å². The van der Waals surface area contributed by atoms with Crippen LogP contribution in [-0.4, -0.2) is 47.4 Å². The Labute approximate surface area is 411 Å². The highest BCUT2D eigenvalue weighted by Crippen LogP contribution is 2.17. The maximum Gasteiger partial charge on any atom is 0.305 e. The number of carbonyl (C=O) groups is 2. The fourth-order valence-electron chi connectivity index (χ4n) is 9.20. The first-order chi connectivity index (χ1) is 32.5. The summed E-state index contributed by atoms with van der Waals surface area (Å²) >= 11 is 0. The molecule has 0 heterocycles. The van der Waals surface area contributed by atoms with Crippen molar-refractivity contribution in [2.45, 2.75) is 334 Å². The van der Waals surface area contributed by atoms with Crippen LogP contribution in [0.4, 0.5) is 0 Å². The highest BCUT2D eigenvalue weighted by Gasteiger charge is 2.20. The number of allylic oxidation sites excluding steroid dienone is 4. The molecular formula is C60H115NO5. The summed E-state index contributed by atoms with van der Waals surface area (Å²) in [5.41, 5.74) is 0. The van der Waals surface area contributed by atoms with E-state index in [0.717, 1.165) is 83.5 Å². The monoisotopic (exact) mass is 930 g/mol. The smallest absolute Gasteiger partial charge is 0.305 e. The molecule has 0 aliphatic rings. The molecule has 0 aromatic rings. The van der Waals surface area contributed by atoms with Gasteiger partial charge in [-0.15, -0.1) is 0 Å². The van der Waals surface area contributed by atoms with Crippen LogP contribution in [0.5, 0.6) is 0 Å². The third-order valence-electron chi connectivity index (χ3n) is 13.8. The van der Waals surface area contributed by atoms with Gasteiger partial charge in [0.25, 0.3) is 0 Å². The molecule has 390 valence electrons. The van der Waals surface area contributed by atoms with Gasteiger partial charge >= 0.3 is 5.97 Å². The van der Waals surface area contributed by atoms with E-state index in [9.17, 15) is 19.8 Å². The predicted octanol–water partition coefficient (Wildman–Crippen LogP) is 18.2. The molecule has 6 nitrogen and oxygen atoms in total. The molecule has 66 heavy (non-hydrogen) atoms. The van der Waals surface area contributed by atoms with Gasteiger partial charge in [-0.1, -0.05) is 269 Å². The van der Waals surface area contributed by atoms with Gasteiger partial charge in [0.1, 0.15) is 0 Å². The maximum atomic E-state index is 12.5. The number of carbonyl (C=O) groups excluding carboxylic acids is 2. The van der Waals surface area contributed by atoms with Gasteiger partial charge in [0, 0.05) is 12.8 Å². The van der Waals surface area contributed by atoms with Crippen LogP contribution in [0.15, 0.2) is 24.3 Å². The molecule has 2 atom stereocenters. The average Bonchev–Trinajstić information content (AvgIpc) is 3.32. The molecule has 0 aromatic heterocycles. The summed E-state index contributed by atoms with van der Waals surface area (Å²) in [5, 5.41) is 23.3. The molecule has 0 aliphatic heterocycles. The van der Waals surface area contributed by atoms with Gasteiger partial charge in [0.15, 0.2) is 0 Å². The number of unbranched alkanes of at least 4 members (excludes halogenated alkanes) is 40. The van der Waals surface area contributed by atoms with E-state index < -0.39 is 12.1 Å². The molecule has 0 bridgehead atoms. The summed E-state index contributed by atoms with van der Waals surface area (Å²) in [5.74, 6) is -0.0614. The fraction of sp³-hybridized carbons (Fsp3) is 0.900. The Balaban J connectivity index is 3.49. The Morgan fingerprint density at radius 3 is 1.15 bits per heavy atom. The lowest BCUT2D eigenvalue weighted by atomic mass is 10.0. The van der Waals surface area contributed by atoms with Crippen molar-refractivity contribution in [3.63, 3.8) is 0 Å². The maximum absolute atomic E-state index is 12.5. The first-order valence-corrected chi connectivity index (χ1v) is 29.6. The third-order valence-corrected chi connectivity index (χ3v) is 13.8. The predicted molar refractivity (Wildman–Crippen MR) is 287 cm³/mol. The van der Waals surface area contributed by atoms with Gasteiger partial charge < -0.3 is 20.3 Å². The Morgan fingerprint density at radius 2 is 0.758 bits per heavy atom. The Kier molecular flexibility index (Phi) is 54.5. The lowest BCUT2D eigenvalue weighted by Gasteiger charge is -2.22. The van der Waals surface area contributed by atoms with E-state index in [2.05, 4.69) is 43.5 Å². The van der Waals surface area contributed by atoms with Crippen molar-refractivity contribution in [1.29, 1.82) is 0 Å². The summed E-state index contributed by atoms with van der Waals surface area (Å²) < 4.78 is 5.45. The topological polar surface area (TPSA) is 95.9 Å².